The normalized spacial score (nSPS) is 16.8. The van der Waals surface area contributed by atoms with Gasteiger partial charge >= 0.3 is 0 Å². The Hall–Kier alpha value is -0.470. The van der Waals surface area contributed by atoms with Crippen molar-refractivity contribution in [2.75, 3.05) is 7.05 Å². The Kier molecular flexibility index (Phi) is 6.07. The van der Waals surface area contributed by atoms with Crippen molar-refractivity contribution in [2.45, 2.75) is 44.2 Å². The molecule has 0 aliphatic rings. The highest BCUT2D eigenvalue weighted by Crippen LogP contribution is 2.31. The molecule has 0 amide bonds. The van der Waals surface area contributed by atoms with Crippen LogP contribution in [0.4, 0.5) is 0 Å². The van der Waals surface area contributed by atoms with Crippen molar-refractivity contribution in [1.82, 2.24) is 5.32 Å². The van der Waals surface area contributed by atoms with Crippen LogP contribution >= 0.6 is 11.8 Å². The lowest BCUT2D eigenvalue weighted by Crippen LogP contribution is -2.27. The van der Waals surface area contributed by atoms with E-state index >= 15 is 0 Å². The molecule has 1 aromatic carbocycles. The molecule has 0 heterocycles. The van der Waals surface area contributed by atoms with Crippen LogP contribution in [0.5, 0.6) is 0 Å². The molecule has 0 fully saturated rings. The summed E-state index contributed by atoms with van der Waals surface area (Å²) >= 11 is 2.07. The van der Waals surface area contributed by atoms with Gasteiger partial charge in [0.2, 0.25) is 0 Å². The molecule has 3 atom stereocenters. The van der Waals surface area contributed by atoms with Gasteiger partial charge in [0.15, 0.2) is 0 Å². The fraction of sp³-hybridized carbons (Fsp3) is 0.600. The minimum Gasteiger partial charge on any atom is -0.312 e. The molecule has 0 saturated heterocycles. The van der Waals surface area contributed by atoms with Crippen LogP contribution in [0.25, 0.3) is 0 Å². The minimum absolute atomic E-state index is 0.433. The van der Waals surface area contributed by atoms with E-state index in [9.17, 15) is 0 Å². The fourth-order valence-corrected chi connectivity index (χ4v) is 3.35. The van der Waals surface area contributed by atoms with E-state index in [0.29, 0.717) is 16.5 Å². The van der Waals surface area contributed by atoms with Crippen LogP contribution in [0, 0.1) is 5.92 Å². The fourth-order valence-electron chi connectivity index (χ4n) is 1.91. The first-order chi connectivity index (χ1) is 8.06. The molecule has 1 N–H and O–H groups in total. The first kappa shape index (κ1) is 14.6. The average molecular weight is 251 g/mol. The zero-order valence-electron chi connectivity index (χ0n) is 11.6. The Balaban J connectivity index is 2.68. The maximum atomic E-state index is 3.44. The molecule has 3 unspecified atom stereocenters. The second-order valence-corrected chi connectivity index (χ2v) is 6.73. The summed E-state index contributed by atoms with van der Waals surface area (Å²) in [6, 6.07) is 11.1. The molecule has 0 aromatic heterocycles. The van der Waals surface area contributed by atoms with E-state index in [1.807, 2.05) is 0 Å². The Morgan fingerprint density at radius 2 is 1.53 bits per heavy atom. The average Bonchev–Trinajstić information content (AvgIpc) is 2.31. The Morgan fingerprint density at radius 1 is 0.941 bits per heavy atom. The van der Waals surface area contributed by atoms with Crippen LogP contribution in [-0.4, -0.2) is 17.5 Å². The van der Waals surface area contributed by atoms with Gasteiger partial charge in [0.25, 0.3) is 0 Å². The van der Waals surface area contributed by atoms with Gasteiger partial charge in [0, 0.05) is 16.5 Å². The van der Waals surface area contributed by atoms with Gasteiger partial charge in [-0.05, 0) is 18.5 Å². The van der Waals surface area contributed by atoms with Gasteiger partial charge < -0.3 is 5.32 Å². The Bertz CT molecular complexity index is 310. The van der Waals surface area contributed by atoms with Crippen LogP contribution in [0.3, 0.4) is 0 Å². The Labute approximate surface area is 110 Å². The SMILES string of the molecule is CNC(c1ccccc1)C(C)SC(C)C(C)C. The standard InChI is InChI=1S/C15H25NS/c1-11(2)12(3)17-13(4)15(16-5)14-9-7-6-8-10-14/h6-13,15-16H,1-5H3. The topological polar surface area (TPSA) is 12.0 Å². The van der Waals surface area contributed by atoms with Gasteiger partial charge in [0.1, 0.15) is 0 Å². The van der Waals surface area contributed by atoms with Crippen LogP contribution in [0.15, 0.2) is 30.3 Å². The van der Waals surface area contributed by atoms with E-state index in [1.54, 1.807) is 0 Å². The third kappa shape index (κ3) is 4.36. The van der Waals surface area contributed by atoms with Crippen molar-refractivity contribution < 1.29 is 0 Å². The molecule has 0 aliphatic heterocycles. The van der Waals surface area contributed by atoms with Gasteiger partial charge in [0.05, 0.1) is 0 Å². The van der Waals surface area contributed by atoms with Crippen molar-refractivity contribution >= 4 is 11.8 Å². The number of benzene rings is 1. The van der Waals surface area contributed by atoms with E-state index in [2.05, 4.69) is 82.2 Å². The number of nitrogens with one attached hydrogen (secondary N) is 1. The molecule has 0 bridgehead atoms. The lowest BCUT2D eigenvalue weighted by molar-refractivity contribution is 0.579. The molecule has 0 aliphatic carbocycles. The van der Waals surface area contributed by atoms with Crippen LogP contribution < -0.4 is 5.32 Å². The molecule has 1 aromatic rings. The summed E-state index contributed by atoms with van der Waals surface area (Å²) in [5.74, 6) is 0.732. The first-order valence-corrected chi connectivity index (χ1v) is 7.38. The lowest BCUT2D eigenvalue weighted by atomic mass is 10.0. The highest BCUT2D eigenvalue weighted by Gasteiger charge is 2.21. The largest absolute Gasteiger partial charge is 0.312 e. The second-order valence-electron chi connectivity index (χ2n) is 4.97. The number of thioether (sulfide) groups is 1. The highest BCUT2D eigenvalue weighted by atomic mass is 32.2. The van der Waals surface area contributed by atoms with Crippen molar-refractivity contribution in [1.29, 1.82) is 0 Å². The minimum atomic E-state index is 0.433. The van der Waals surface area contributed by atoms with E-state index in [-0.39, 0.29) is 0 Å². The third-order valence-electron chi connectivity index (χ3n) is 3.31. The van der Waals surface area contributed by atoms with Crippen molar-refractivity contribution in [3.05, 3.63) is 35.9 Å². The number of rotatable bonds is 6. The monoisotopic (exact) mass is 251 g/mol. The molecule has 0 saturated carbocycles. The molecule has 0 radical (unpaired) electrons. The maximum absolute atomic E-state index is 3.44. The van der Waals surface area contributed by atoms with Gasteiger partial charge in [-0.15, -0.1) is 0 Å². The van der Waals surface area contributed by atoms with Gasteiger partial charge in [-0.3, -0.25) is 0 Å². The molecule has 1 nitrogen and oxygen atoms in total. The van der Waals surface area contributed by atoms with Crippen molar-refractivity contribution in [3.63, 3.8) is 0 Å². The molecule has 96 valence electrons. The van der Waals surface area contributed by atoms with E-state index in [0.717, 1.165) is 5.92 Å². The quantitative estimate of drug-likeness (QED) is 0.816. The van der Waals surface area contributed by atoms with Gasteiger partial charge in [-0.2, -0.15) is 11.8 Å². The van der Waals surface area contributed by atoms with Crippen molar-refractivity contribution in [3.8, 4) is 0 Å². The molecular formula is C15H25NS. The zero-order chi connectivity index (χ0) is 12.8. The predicted octanol–water partition coefficient (Wildman–Crippen LogP) is 4.11. The van der Waals surface area contributed by atoms with Crippen molar-refractivity contribution in [2.24, 2.45) is 5.92 Å². The second kappa shape index (κ2) is 7.07. The van der Waals surface area contributed by atoms with Gasteiger partial charge in [-0.1, -0.05) is 58.0 Å². The molecule has 0 spiro atoms. The van der Waals surface area contributed by atoms with Crippen LogP contribution in [0.2, 0.25) is 0 Å². The highest BCUT2D eigenvalue weighted by molar-refractivity contribution is 8.00. The molecule has 2 heteroatoms. The zero-order valence-corrected chi connectivity index (χ0v) is 12.4. The van der Waals surface area contributed by atoms with Gasteiger partial charge in [-0.25, -0.2) is 0 Å². The van der Waals surface area contributed by atoms with Crippen LogP contribution in [0.1, 0.15) is 39.3 Å². The number of hydrogen-bond acceptors (Lipinski definition) is 2. The summed E-state index contributed by atoms with van der Waals surface area (Å²) in [6.45, 7) is 9.23. The molecule has 17 heavy (non-hydrogen) atoms. The van der Waals surface area contributed by atoms with E-state index < -0.39 is 0 Å². The van der Waals surface area contributed by atoms with Crippen LogP contribution in [-0.2, 0) is 0 Å². The Morgan fingerprint density at radius 3 is 2.00 bits per heavy atom. The summed E-state index contributed by atoms with van der Waals surface area (Å²) in [6.07, 6.45) is 0. The lowest BCUT2D eigenvalue weighted by Gasteiger charge is -2.27. The maximum Gasteiger partial charge on any atom is 0.0435 e. The first-order valence-electron chi connectivity index (χ1n) is 6.44. The predicted molar refractivity (Wildman–Crippen MR) is 79.6 cm³/mol. The number of hydrogen-bond donors (Lipinski definition) is 1. The summed E-state index contributed by atoms with van der Waals surface area (Å²) in [4.78, 5) is 0. The summed E-state index contributed by atoms with van der Waals surface area (Å²) in [5.41, 5.74) is 1.38. The smallest absolute Gasteiger partial charge is 0.0435 e. The summed E-state index contributed by atoms with van der Waals surface area (Å²) in [7, 11) is 2.05. The van der Waals surface area contributed by atoms with E-state index in [4.69, 9.17) is 0 Å². The third-order valence-corrected chi connectivity index (χ3v) is 4.98. The summed E-state index contributed by atoms with van der Waals surface area (Å²) < 4.78 is 0. The molecule has 1 rings (SSSR count). The molecular weight excluding hydrogens is 226 g/mol. The van der Waals surface area contributed by atoms with E-state index in [1.165, 1.54) is 5.56 Å². The summed E-state index contributed by atoms with van der Waals surface area (Å²) in [5, 5.41) is 4.72.